The Balaban J connectivity index is 2.34. The highest BCUT2D eigenvalue weighted by atomic mass is 35.5. The minimum absolute atomic E-state index is 0.406. The van der Waals surface area contributed by atoms with Gasteiger partial charge in [-0.1, -0.05) is 29.8 Å². The smallest absolute Gasteiger partial charge is 0.407 e. The molecule has 0 saturated heterocycles. The number of alkyl carbamates (subject to hydrolysis) is 1. The van der Waals surface area contributed by atoms with Gasteiger partial charge in [0, 0.05) is 17.3 Å². The maximum absolute atomic E-state index is 11.4. The Labute approximate surface area is 124 Å². The number of carbonyl (C=O) groups is 1. The molecule has 0 aliphatic rings. The van der Waals surface area contributed by atoms with E-state index in [-0.39, 0.29) is 0 Å². The molecule has 4 nitrogen and oxygen atoms in total. The van der Waals surface area contributed by atoms with E-state index in [2.05, 4.69) is 5.32 Å². The number of rotatable bonds is 4. The highest BCUT2D eigenvalue weighted by Gasteiger charge is 2.15. The van der Waals surface area contributed by atoms with E-state index >= 15 is 0 Å². The summed E-state index contributed by atoms with van der Waals surface area (Å²) in [7, 11) is 0. The molecule has 1 rings (SSSR count). The van der Waals surface area contributed by atoms with E-state index in [1.807, 2.05) is 39.0 Å². The Morgan fingerprint density at radius 1 is 1.45 bits per heavy atom. The van der Waals surface area contributed by atoms with Crippen LogP contribution in [0.2, 0.25) is 5.02 Å². The number of hydrogen-bond donors (Lipinski definition) is 2. The average Bonchev–Trinajstić information content (AvgIpc) is 2.28. The fourth-order valence-electron chi connectivity index (χ4n) is 1.46. The summed E-state index contributed by atoms with van der Waals surface area (Å²) in [5.41, 5.74) is 6.68. The number of anilines is 1. The van der Waals surface area contributed by atoms with E-state index in [1.165, 1.54) is 0 Å². The highest BCUT2D eigenvalue weighted by Crippen LogP contribution is 2.20. The van der Waals surface area contributed by atoms with Crippen LogP contribution in [0.25, 0.3) is 6.08 Å². The molecule has 0 aliphatic heterocycles. The zero-order valence-electron chi connectivity index (χ0n) is 12.1. The Morgan fingerprint density at radius 3 is 2.75 bits per heavy atom. The van der Waals surface area contributed by atoms with E-state index in [0.29, 0.717) is 23.7 Å². The average molecular weight is 297 g/mol. The normalized spacial score (nSPS) is 11.6. The number of nitrogen functional groups attached to an aromatic ring is 1. The summed E-state index contributed by atoms with van der Waals surface area (Å²) in [5.74, 6) is 0. The molecule has 0 aromatic heterocycles. The van der Waals surface area contributed by atoms with Crippen LogP contribution in [-0.2, 0) is 4.74 Å². The molecule has 110 valence electrons. The molecular formula is C15H21ClN2O2. The third-order valence-corrected chi connectivity index (χ3v) is 2.63. The van der Waals surface area contributed by atoms with Gasteiger partial charge in [0.25, 0.3) is 0 Å². The van der Waals surface area contributed by atoms with Crippen molar-refractivity contribution >= 4 is 29.5 Å². The summed E-state index contributed by atoms with van der Waals surface area (Å²) in [6.07, 6.45) is 4.13. The molecule has 0 heterocycles. The molecule has 5 heteroatoms. The van der Waals surface area contributed by atoms with Gasteiger partial charge in [-0.15, -0.1) is 0 Å². The second-order valence-electron chi connectivity index (χ2n) is 5.40. The first-order valence-electron chi connectivity index (χ1n) is 6.46. The largest absolute Gasteiger partial charge is 0.444 e. The van der Waals surface area contributed by atoms with Crippen molar-refractivity contribution in [3.63, 3.8) is 0 Å². The first kappa shape index (κ1) is 16.4. The minimum Gasteiger partial charge on any atom is -0.444 e. The molecule has 0 saturated carbocycles. The topological polar surface area (TPSA) is 64.3 Å². The van der Waals surface area contributed by atoms with Crippen molar-refractivity contribution in [3.05, 3.63) is 34.9 Å². The van der Waals surface area contributed by atoms with Crippen molar-refractivity contribution in [2.75, 3.05) is 12.3 Å². The lowest BCUT2D eigenvalue weighted by molar-refractivity contribution is 0.0529. The van der Waals surface area contributed by atoms with Crippen LogP contribution < -0.4 is 11.1 Å². The van der Waals surface area contributed by atoms with Crippen molar-refractivity contribution in [2.45, 2.75) is 32.8 Å². The zero-order valence-corrected chi connectivity index (χ0v) is 12.8. The third kappa shape index (κ3) is 6.48. The van der Waals surface area contributed by atoms with Crippen LogP contribution in [-0.4, -0.2) is 18.2 Å². The van der Waals surface area contributed by atoms with Crippen LogP contribution in [0.4, 0.5) is 10.5 Å². The number of carbonyl (C=O) groups excluding carboxylic acids is 1. The van der Waals surface area contributed by atoms with Crippen molar-refractivity contribution < 1.29 is 9.53 Å². The number of halogens is 1. The van der Waals surface area contributed by atoms with Crippen LogP contribution in [0.3, 0.4) is 0 Å². The quantitative estimate of drug-likeness (QED) is 0.655. The van der Waals surface area contributed by atoms with Gasteiger partial charge in [0.05, 0.1) is 0 Å². The van der Waals surface area contributed by atoms with Gasteiger partial charge in [-0.05, 0) is 44.9 Å². The molecule has 1 amide bonds. The molecule has 0 atom stereocenters. The molecule has 20 heavy (non-hydrogen) atoms. The number of amides is 1. The van der Waals surface area contributed by atoms with Crippen LogP contribution in [0.1, 0.15) is 32.8 Å². The lowest BCUT2D eigenvalue weighted by Crippen LogP contribution is -2.32. The predicted octanol–water partition coefficient (Wildman–Crippen LogP) is 3.85. The first-order valence-corrected chi connectivity index (χ1v) is 6.84. The van der Waals surface area contributed by atoms with Crippen LogP contribution in [0, 0.1) is 0 Å². The van der Waals surface area contributed by atoms with Crippen molar-refractivity contribution in [1.82, 2.24) is 5.32 Å². The third-order valence-electron chi connectivity index (χ3n) is 2.30. The number of nitrogens with two attached hydrogens (primary N) is 1. The lowest BCUT2D eigenvalue weighted by Gasteiger charge is -2.19. The summed E-state index contributed by atoms with van der Waals surface area (Å²) >= 11 is 6.04. The van der Waals surface area contributed by atoms with Gasteiger partial charge >= 0.3 is 6.09 Å². The second kappa shape index (κ2) is 7.20. The van der Waals surface area contributed by atoms with Gasteiger partial charge < -0.3 is 15.8 Å². The first-order chi connectivity index (χ1) is 9.28. The van der Waals surface area contributed by atoms with Gasteiger partial charge in [0.1, 0.15) is 5.60 Å². The maximum Gasteiger partial charge on any atom is 0.407 e. The molecule has 3 N–H and O–H groups in total. The van der Waals surface area contributed by atoms with Gasteiger partial charge in [0.2, 0.25) is 0 Å². The SMILES string of the molecule is CC(C)(C)OC(=O)NCCC=Cc1ccc(N)cc1Cl. The Kier molecular flexibility index (Phi) is 5.89. The Bertz CT molecular complexity index is 493. The molecule has 0 radical (unpaired) electrons. The molecule has 0 spiro atoms. The standard InChI is InChI=1S/C15H21ClN2O2/c1-15(2,3)20-14(19)18-9-5-4-6-11-7-8-12(17)10-13(11)16/h4,6-8,10H,5,9,17H2,1-3H3,(H,18,19). The van der Waals surface area contributed by atoms with E-state index in [1.54, 1.807) is 12.1 Å². The van der Waals surface area contributed by atoms with Crippen LogP contribution in [0.15, 0.2) is 24.3 Å². The lowest BCUT2D eigenvalue weighted by atomic mass is 10.2. The molecule has 1 aromatic rings. The molecule has 1 aromatic carbocycles. The van der Waals surface area contributed by atoms with E-state index in [9.17, 15) is 4.79 Å². The summed E-state index contributed by atoms with van der Waals surface area (Å²) in [6.45, 7) is 6.00. The van der Waals surface area contributed by atoms with Crippen molar-refractivity contribution in [3.8, 4) is 0 Å². The fourth-order valence-corrected chi connectivity index (χ4v) is 1.71. The van der Waals surface area contributed by atoms with Gasteiger partial charge in [-0.25, -0.2) is 4.79 Å². The van der Waals surface area contributed by atoms with Crippen LogP contribution in [0.5, 0.6) is 0 Å². The number of benzene rings is 1. The van der Waals surface area contributed by atoms with E-state index in [4.69, 9.17) is 22.1 Å². The summed E-state index contributed by atoms with van der Waals surface area (Å²) in [4.78, 5) is 11.4. The van der Waals surface area contributed by atoms with Crippen LogP contribution >= 0.6 is 11.6 Å². The molecule has 0 unspecified atom stereocenters. The Morgan fingerprint density at radius 2 is 2.15 bits per heavy atom. The second-order valence-corrected chi connectivity index (χ2v) is 5.81. The summed E-state index contributed by atoms with van der Waals surface area (Å²) in [5, 5.41) is 3.30. The number of ether oxygens (including phenoxy) is 1. The van der Waals surface area contributed by atoms with Gasteiger partial charge in [-0.2, -0.15) is 0 Å². The fraction of sp³-hybridized carbons (Fsp3) is 0.400. The number of hydrogen-bond acceptors (Lipinski definition) is 3. The molecule has 0 fully saturated rings. The van der Waals surface area contributed by atoms with Gasteiger partial charge in [-0.3, -0.25) is 0 Å². The molecular weight excluding hydrogens is 276 g/mol. The van der Waals surface area contributed by atoms with E-state index < -0.39 is 11.7 Å². The highest BCUT2D eigenvalue weighted by molar-refractivity contribution is 6.32. The zero-order chi connectivity index (χ0) is 15.2. The summed E-state index contributed by atoms with van der Waals surface area (Å²) < 4.78 is 5.13. The van der Waals surface area contributed by atoms with Gasteiger partial charge in [0.15, 0.2) is 0 Å². The minimum atomic E-state index is -0.475. The summed E-state index contributed by atoms with van der Waals surface area (Å²) in [6, 6.07) is 5.36. The molecule has 0 aliphatic carbocycles. The molecule has 0 bridgehead atoms. The Hall–Kier alpha value is -1.68. The monoisotopic (exact) mass is 296 g/mol. The van der Waals surface area contributed by atoms with Crippen molar-refractivity contribution in [1.29, 1.82) is 0 Å². The maximum atomic E-state index is 11.4. The predicted molar refractivity (Wildman–Crippen MR) is 83.8 cm³/mol. The van der Waals surface area contributed by atoms with E-state index in [0.717, 1.165) is 5.56 Å². The number of nitrogens with one attached hydrogen (secondary N) is 1. The van der Waals surface area contributed by atoms with Crippen molar-refractivity contribution in [2.24, 2.45) is 0 Å².